The Kier molecular flexibility index (Phi) is 7.37. The number of benzene rings is 3. The van der Waals surface area contributed by atoms with Gasteiger partial charge in [0.1, 0.15) is 11.5 Å². The Hall–Kier alpha value is -4.13. The summed E-state index contributed by atoms with van der Waals surface area (Å²) in [5, 5.41) is 16.3. The van der Waals surface area contributed by atoms with E-state index in [1.54, 1.807) is 12.1 Å². The number of carbonyl (C=O) groups excluding carboxylic acids is 2. The van der Waals surface area contributed by atoms with Gasteiger partial charge in [0.05, 0.1) is 25.8 Å². The highest BCUT2D eigenvalue weighted by molar-refractivity contribution is 5.91. The Bertz CT molecular complexity index is 1010. The van der Waals surface area contributed by atoms with E-state index in [0.717, 1.165) is 11.1 Å². The van der Waals surface area contributed by atoms with Gasteiger partial charge in [-0.1, -0.05) is 60.7 Å². The predicted molar refractivity (Wildman–Crippen MR) is 118 cm³/mol. The third-order valence-electron chi connectivity index (χ3n) is 4.58. The maximum atomic E-state index is 12.9. The lowest BCUT2D eigenvalue weighted by Gasteiger charge is -2.17. The molecule has 3 aromatic rings. The van der Waals surface area contributed by atoms with E-state index < -0.39 is 11.8 Å². The highest BCUT2D eigenvalue weighted by Gasteiger charge is 2.22. The SMILES string of the molecule is COc1ccc(O)c(/C=N\NC(=O)CNC(=O)C(c2ccccc2)c2ccccc2)c1. The molecule has 0 saturated carbocycles. The van der Waals surface area contributed by atoms with Crippen LogP contribution in [0.1, 0.15) is 22.6 Å². The molecule has 0 aliphatic carbocycles. The summed E-state index contributed by atoms with van der Waals surface area (Å²) in [6, 6.07) is 23.4. The molecule has 3 aromatic carbocycles. The maximum Gasteiger partial charge on any atom is 0.259 e. The van der Waals surface area contributed by atoms with E-state index in [0.29, 0.717) is 11.3 Å². The van der Waals surface area contributed by atoms with Crippen LogP contribution in [0.25, 0.3) is 0 Å². The summed E-state index contributed by atoms with van der Waals surface area (Å²) in [5.41, 5.74) is 4.38. The van der Waals surface area contributed by atoms with Crippen molar-refractivity contribution in [2.24, 2.45) is 5.10 Å². The van der Waals surface area contributed by atoms with Gasteiger partial charge in [0.25, 0.3) is 5.91 Å². The van der Waals surface area contributed by atoms with E-state index in [1.807, 2.05) is 60.7 Å². The minimum absolute atomic E-state index is 0.000616. The molecule has 0 spiro atoms. The average molecular weight is 417 g/mol. The molecular weight excluding hydrogens is 394 g/mol. The minimum atomic E-state index is -0.535. The number of nitrogens with zero attached hydrogens (tertiary/aromatic N) is 1. The highest BCUT2D eigenvalue weighted by atomic mass is 16.5. The van der Waals surface area contributed by atoms with Crippen LogP contribution in [-0.4, -0.2) is 36.8 Å². The number of hydrogen-bond donors (Lipinski definition) is 3. The fraction of sp³-hybridized carbons (Fsp3) is 0.125. The summed E-state index contributed by atoms with van der Waals surface area (Å²) < 4.78 is 5.09. The Balaban J connectivity index is 1.61. The molecule has 2 amide bonds. The first-order chi connectivity index (χ1) is 15.1. The molecule has 7 nitrogen and oxygen atoms in total. The zero-order valence-corrected chi connectivity index (χ0v) is 17.0. The summed E-state index contributed by atoms with van der Waals surface area (Å²) >= 11 is 0. The van der Waals surface area contributed by atoms with Gasteiger partial charge >= 0.3 is 0 Å². The predicted octanol–water partition coefficient (Wildman–Crippen LogP) is 2.80. The third-order valence-corrected chi connectivity index (χ3v) is 4.58. The molecule has 0 aromatic heterocycles. The number of phenols is 1. The molecule has 3 rings (SSSR count). The monoisotopic (exact) mass is 417 g/mol. The van der Waals surface area contributed by atoms with E-state index in [-0.39, 0.29) is 18.2 Å². The van der Waals surface area contributed by atoms with Crippen LogP contribution in [0.4, 0.5) is 0 Å². The average Bonchev–Trinajstić information content (AvgIpc) is 2.80. The van der Waals surface area contributed by atoms with Gasteiger partial charge in [-0.25, -0.2) is 5.43 Å². The van der Waals surface area contributed by atoms with Crippen molar-refractivity contribution in [1.82, 2.24) is 10.7 Å². The summed E-state index contributed by atoms with van der Waals surface area (Å²) in [7, 11) is 1.51. The van der Waals surface area contributed by atoms with Crippen LogP contribution in [-0.2, 0) is 9.59 Å². The van der Waals surface area contributed by atoms with Crippen LogP contribution in [0, 0.1) is 0 Å². The van der Waals surface area contributed by atoms with Crippen LogP contribution < -0.4 is 15.5 Å². The van der Waals surface area contributed by atoms with Crippen molar-refractivity contribution >= 4 is 18.0 Å². The van der Waals surface area contributed by atoms with Gasteiger partial charge in [0, 0.05) is 5.56 Å². The molecule has 3 N–H and O–H groups in total. The smallest absolute Gasteiger partial charge is 0.259 e. The lowest BCUT2D eigenvalue weighted by molar-refractivity contribution is -0.126. The first-order valence-corrected chi connectivity index (χ1v) is 9.65. The van der Waals surface area contributed by atoms with Crippen molar-refractivity contribution in [3.05, 3.63) is 95.6 Å². The number of amides is 2. The number of methoxy groups -OCH3 is 1. The van der Waals surface area contributed by atoms with E-state index in [9.17, 15) is 14.7 Å². The van der Waals surface area contributed by atoms with Crippen molar-refractivity contribution in [2.45, 2.75) is 5.92 Å². The fourth-order valence-electron chi connectivity index (χ4n) is 3.03. The van der Waals surface area contributed by atoms with Gasteiger partial charge in [0.2, 0.25) is 5.91 Å². The number of nitrogens with one attached hydrogen (secondary N) is 2. The zero-order valence-electron chi connectivity index (χ0n) is 17.0. The lowest BCUT2D eigenvalue weighted by Crippen LogP contribution is -2.37. The van der Waals surface area contributed by atoms with E-state index in [1.165, 1.54) is 19.4 Å². The molecule has 0 saturated heterocycles. The van der Waals surface area contributed by atoms with Crippen LogP contribution in [0.5, 0.6) is 11.5 Å². The van der Waals surface area contributed by atoms with Crippen LogP contribution in [0.15, 0.2) is 84.0 Å². The summed E-state index contributed by atoms with van der Waals surface area (Å²) in [6.45, 7) is -0.240. The number of aromatic hydroxyl groups is 1. The Morgan fingerprint density at radius 1 is 1.00 bits per heavy atom. The van der Waals surface area contributed by atoms with Crippen molar-refractivity contribution in [2.75, 3.05) is 13.7 Å². The van der Waals surface area contributed by atoms with Crippen LogP contribution in [0.3, 0.4) is 0 Å². The van der Waals surface area contributed by atoms with Crippen molar-refractivity contribution in [3.8, 4) is 11.5 Å². The van der Waals surface area contributed by atoms with Crippen LogP contribution >= 0.6 is 0 Å². The number of ether oxygens (including phenoxy) is 1. The number of phenolic OH excluding ortho intramolecular Hbond substituents is 1. The van der Waals surface area contributed by atoms with Gasteiger partial charge in [-0.2, -0.15) is 5.10 Å². The molecule has 0 atom stereocenters. The largest absolute Gasteiger partial charge is 0.507 e. The second kappa shape index (κ2) is 10.6. The molecular formula is C24H23N3O4. The normalized spacial score (nSPS) is 10.8. The highest BCUT2D eigenvalue weighted by Crippen LogP contribution is 2.24. The molecule has 0 bridgehead atoms. The van der Waals surface area contributed by atoms with Crippen molar-refractivity contribution in [1.29, 1.82) is 0 Å². The fourth-order valence-corrected chi connectivity index (χ4v) is 3.03. The second-order valence-electron chi connectivity index (χ2n) is 6.69. The first-order valence-electron chi connectivity index (χ1n) is 9.65. The molecule has 0 heterocycles. The standard InChI is InChI=1S/C24H23N3O4/c1-31-20-12-13-21(28)19(14-20)15-26-27-22(29)16-25-24(30)23(17-8-4-2-5-9-17)18-10-6-3-7-11-18/h2-15,23,28H,16H2,1H3,(H,25,30)(H,27,29)/b26-15-. The minimum Gasteiger partial charge on any atom is -0.507 e. The van der Waals surface area contributed by atoms with E-state index in [2.05, 4.69) is 15.8 Å². The Labute approximate surface area is 180 Å². The molecule has 0 fully saturated rings. The topological polar surface area (TPSA) is 100 Å². The van der Waals surface area contributed by atoms with E-state index >= 15 is 0 Å². The van der Waals surface area contributed by atoms with Crippen molar-refractivity contribution in [3.63, 3.8) is 0 Å². The van der Waals surface area contributed by atoms with Gasteiger partial charge in [0.15, 0.2) is 0 Å². The number of rotatable bonds is 8. The lowest BCUT2D eigenvalue weighted by atomic mass is 9.90. The first kappa shape index (κ1) is 21.6. The van der Waals surface area contributed by atoms with Gasteiger partial charge < -0.3 is 15.2 Å². The van der Waals surface area contributed by atoms with Gasteiger partial charge in [-0.05, 0) is 29.3 Å². The Morgan fingerprint density at radius 2 is 1.61 bits per heavy atom. The molecule has 0 aliphatic rings. The third kappa shape index (κ3) is 5.93. The number of hydrazone groups is 1. The summed E-state index contributed by atoms with van der Waals surface area (Å²) in [5.74, 6) is -0.771. The maximum absolute atomic E-state index is 12.9. The van der Waals surface area contributed by atoms with Gasteiger partial charge in [-0.3, -0.25) is 9.59 Å². The molecule has 31 heavy (non-hydrogen) atoms. The molecule has 158 valence electrons. The number of hydrogen-bond acceptors (Lipinski definition) is 5. The van der Waals surface area contributed by atoms with Crippen molar-refractivity contribution < 1.29 is 19.4 Å². The van der Waals surface area contributed by atoms with Gasteiger partial charge in [-0.15, -0.1) is 0 Å². The molecule has 0 unspecified atom stereocenters. The number of carbonyl (C=O) groups is 2. The molecule has 7 heteroatoms. The Morgan fingerprint density at radius 3 is 2.19 bits per heavy atom. The molecule has 0 radical (unpaired) electrons. The molecule has 0 aliphatic heterocycles. The summed E-state index contributed by atoms with van der Waals surface area (Å²) in [4.78, 5) is 25.0. The zero-order chi connectivity index (χ0) is 22.1. The summed E-state index contributed by atoms with van der Waals surface area (Å²) in [6.07, 6.45) is 1.30. The quantitative estimate of drug-likeness (QED) is 0.388. The van der Waals surface area contributed by atoms with E-state index in [4.69, 9.17) is 4.74 Å². The second-order valence-corrected chi connectivity index (χ2v) is 6.69. The van der Waals surface area contributed by atoms with Crippen LogP contribution in [0.2, 0.25) is 0 Å².